The van der Waals surface area contributed by atoms with E-state index in [0.717, 1.165) is 25.1 Å². The summed E-state index contributed by atoms with van der Waals surface area (Å²) in [5, 5.41) is 0. The topological polar surface area (TPSA) is 51.2 Å². The van der Waals surface area contributed by atoms with E-state index in [1.807, 2.05) is 30.6 Å². The van der Waals surface area contributed by atoms with Crippen LogP contribution in [-0.4, -0.2) is 55.3 Å². The van der Waals surface area contributed by atoms with Gasteiger partial charge in [-0.1, -0.05) is 103 Å². The van der Waals surface area contributed by atoms with Crippen LogP contribution in [-0.2, 0) is 20.8 Å². The molecule has 1 aromatic rings. The Morgan fingerprint density at radius 2 is 1.41 bits per heavy atom. The van der Waals surface area contributed by atoms with Gasteiger partial charge in [-0.3, -0.25) is 0 Å². The van der Waals surface area contributed by atoms with E-state index in [2.05, 4.69) is 30.3 Å². The van der Waals surface area contributed by atoms with Crippen molar-refractivity contribution < 1.29 is 19.0 Å². The zero-order valence-electron chi connectivity index (χ0n) is 25.1. The highest BCUT2D eigenvalue weighted by Crippen LogP contribution is 2.17. The Bertz CT molecular complexity index is 785. The van der Waals surface area contributed by atoms with Crippen LogP contribution in [0.1, 0.15) is 120 Å². The average Bonchev–Trinajstić information content (AvgIpc) is 3.41. The number of carbonyl (C=O) groups excluding carboxylic acids is 1. The van der Waals surface area contributed by atoms with Crippen LogP contribution in [0.3, 0.4) is 0 Å². The van der Waals surface area contributed by atoms with Gasteiger partial charge in [0.25, 0.3) is 0 Å². The van der Waals surface area contributed by atoms with Gasteiger partial charge in [0.15, 0.2) is 0 Å². The standard InChI is InChI=1S/C33H55N2O4/c1-4-6-7-8-9-10-11-12-13-14-15-16-17-18-24-38-27-32(37-3)28-39-33(36)31-21-19-20-30(25-31)26-35-23-22-34(5-2)29-35/h19-23,25,29,32H,4-18,24,26-28H2,1-3H3. The number of esters is 1. The maximum absolute atomic E-state index is 12.6. The highest BCUT2D eigenvalue weighted by Gasteiger charge is 2.15. The molecule has 0 aliphatic carbocycles. The van der Waals surface area contributed by atoms with Crippen LogP contribution >= 0.6 is 0 Å². The number of rotatable bonds is 24. The predicted octanol–water partition coefficient (Wildman–Crippen LogP) is 8.08. The van der Waals surface area contributed by atoms with Crippen LogP contribution in [0.25, 0.3) is 0 Å². The van der Waals surface area contributed by atoms with E-state index in [-0.39, 0.29) is 18.7 Å². The first kappa shape index (κ1) is 33.2. The highest BCUT2D eigenvalue weighted by molar-refractivity contribution is 5.89. The van der Waals surface area contributed by atoms with E-state index >= 15 is 0 Å². The number of hydrogen-bond donors (Lipinski definition) is 0. The molecule has 1 heterocycles. The molecule has 1 aliphatic heterocycles. The molecule has 0 spiro atoms. The number of methoxy groups -OCH3 is 1. The Kier molecular flexibility index (Phi) is 18.5. The first-order chi connectivity index (χ1) is 19.2. The molecule has 0 N–H and O–H groups in total. The van der Waals surface area contributed by atoms with Gasteiger partial charge in [-0.25, -0.2) is 4.79 Å². The molecule has 1 aliphatic rings. The monoisotopic (exact) mass is 543 g/mol. The molecule has 6 nitrogen and oxygen atoms in total. The van der Waals surface area contributed by atoms with Crippen molar-refractivity contribution in [1.82, 2.24) is 9.80 Å². The van der Waals surface area contributed by atoms with E-state index in [1.54, 1.807) is 13.2 Å². The summed E-state index contributed by atoms with van der Waals surface area (Å²) in [5.74, 6) is -0.331. The summed E-state index contributed by atoms with van der Waals surface area (Å²) in [4.78, 5) is 16.8. The van der Waals surface area contributed by atoms with Gasteiger partial charge >= 0.3 is 5.97 Å². The largest absolute Gasteiger partial charge is 0.459 e. The molecule has 1 atom stereocenters. The highest BCUT2D eigenvalue weighted by atomic mass is 16.6. The number of ether oxygens (including phenoxy) is 3. The van der Waals surface area contributed by atoms with Crippen LogP contribution in [0.4, 0.5) is 0 Å². The van der Waals surface area contributed by atoms with Gasteiger partial charge < -0.3 is 24.0 Å². The van der Waals surface area contributed by atoms with Gasteiger partial charge in [0.05, 0.1) is 12.2 Å². The molecule has 0 fully saturated rings. The molecule has 6 heteroatoms. The molecular formula is C33H55N2O4. The van der Waals surface area contributed by atoms with Gasteiger partial charge in [0.2, 0.25) is 0 Å². The molecular weight excluding hydrogens is 488 g/mol. The van der Waals surface area contributed by atoms with Crippen molar-refractivity contribution in [3.8, 4) is 0 Å². The lowest BCUT2D eigenvalue weighted by atomic mass is 10.0. The van der Waals surface area contributed by atoms with E-state index in [9.17, 15) is 4.79 Å². The average molecular weight is 544 g/mol. The second kappa shape index (κ2) is 21.7. The zero-order chi connectivity index (χ0) is 28.0. The third-order valence-corrected chi connectivity index (χ3v) is 7.32. The van der Waals surface area contributed by atoms with Crippen LogP contribution < -0.4 is 0 Å². The minimum absolute atomic E-state index is 0.187. The summed E-state index contributed by atoms with van der Waals surface area (Å²) in [6.45, 7) is 9.45. The van der Waals surface area contributed by atoms with Crippen molar-refractivity contribution in [2.45, 2.75) is 116 Å². The Balaban J connectivity index is 1.47. The second-order valence-corrected chi connectivity index (χ2v) is 10.7. The molecule has 39 heavy (non-hydrogen) atoms. The molecule has 0 saturated carbocycles. The van der Waals surface area contributed by atoms with E-state index in [1.165, 1.54) is 83.5 Å². The van der Waals surface area contributed by atoms with Crippen LogP contribution in [0.5, 0.6) is 0 Å². The predicted molar refractivity (Wildman–Crippen MR) is 160 cm³/mol. The first-order valence-corrected chi connectivity index (χ1v) is 15.6. The summed E-state index contributed by atoms with van der Waals surface area (Å²) in [7, 11) is 1.63. The summed E-state index contributed by atoms with van der Waals surface area (Å²) in [6, 6.07) is 7.61. The lowest BCUT2D eigenvalue weighted by molar-refractivity contribution is -0.0314. The van der Waals surface area contributed by atoms with E-state index in [0.29, 0.717) is 18.7 Å². The molecule has 1 radical (unpaired) electrons. The number of benzene rings is 1. The molecule has 1 unspecified atom stereocenters. The number of carbonyl (C=O) groups is 1. The third kappa shape index (κ3) is 15.4. The van der Waals surface area contributed by atoms with Crippen molar-refractivity contribution in [2.75, 3.05) is 33.5 Å². The lowest BCUT2D eigenvalue weighted by Gasteiger charge is -2.19. The maximum Gasteiger partial charge on any atom is 0.338 e. The molecule has 2 rings (SSSR count). The van der Waals surface area contributed by atoms with Gasteiger partial charge in [0.1, 0.15) is 19.4 Å². The maximum atomic E-state index is 12.6. The van der Waals surface area contributed by atoms with E-state index in [4.69, 9.17) is 14.2 Å². The van der Waals surface area contributed by atoms with Gasteiger partial charge in [-0.15, -0.1) is 0 Å². The van der Waals surface area contributed by atoms with Crippen molar-refractivity contribution in [3.05, 3.63) is 54.5 Å². The Morgan fingerprint density at radius 3 is 2.00 bits per heavy atom. The van der Waals surface area contributed by atoms with Crippen molar-refractivity contribution in [2.24, 2.45) is 0 Å². The summed E-state index contributed by atoms with van der Waals surface area (Å²) >= 11 is 0. The third-order valence-electron chi connectivity index (χ3n) is 7.32. The summed E-state index contributed by atoms with van der Waals surface area (Å²) in [6.07, 6.45) is 22.7. The minimum atomic E-state index is -0.331. The fraction of sp³-hybridized carbons (Fsp3) is 0.697. The van der Waals surface area contributed by atoms with Gasteiger partial charge in [-0.05, 0) is 31.0 Å². The number of hydrogen-bond acceptors (Lipinski definition) is 6. The van der Waals surface area contributed by atoms with E-state index < -0.39 is 0 Å². The van der Waals surface area contributed by atoms with Crippen LogP contribution in [0.2, 0.25) is 0 Å². The smallest absolute Gasteiger partial charge is 0.338 e. The second-order valence-electron chi connectivity index (χ2n) is 10.7. The molecule has 221 valence electrons. The van der Waals surface area contributed by atoms with Crippen molar-refractivity contribution in [1.29, 1.82) is 0 Å². The van der Waals surface area contributed by atoms with Crippen LogP contribution in [0, 0.1) is 6.67 Å². The summed E-state index contributed by atoms with van der Waals surface area (Å²) < 4.78 is 16.8. The lowest BCUT2D eigenvalue weighted by Crippen LogP contribution is -2.26. The fourth-order valence-corrected chi connectivity index (χ4v) is 4.78. The normalized spacial score (nSPS) is 13.8. The van der Waals surface area contributed by atoms with Crippen molar-refractivity contribution >= 4 is 5.97 Å². The molecule has 1 aromatic carbocycles. The van der Waals surface area contributed by atoms with Gasteiger partial charge in [0, 0.05) is 39.2 Å². The Hall–Kier alpha value is -2.05. The quantitative estimate of drug-likeness (QED) is 0.0970. The number of nitrogens with zero attached hydrogens (tertiary/aromatic N) is 2. The molecule has 0 saturated heterocycles. The Labute approximate surface area is 239 Å². The van der Waals surface area contributed by atoms with Gasteiger partial charge in [-0.2, -0.15) is 0 Å². The van der Waals surface area contributed by atoms with Crippen LogP contribution in [0.15, 0.2) is 36.7 Å². The van der Waals surface area contributed by atoms with Crippen molar-refractivity contribution in [3.63, 3.8) is 0 Å². The SMILES string of the molecule is CCCCCCCCCCCCCCCCOCC(COC(=O)c1cccc(CN2[CH]N(CC)C=C2)c1)OC. The number of unbranched alkanes of at least 4 members (excludes halogenated alkanes) is 13. The first-order valence-electron chi connectivity index (χ1n) is 15.6. The zero-order valence-corrected chi connectivity index (χ0v) is 25.1. The minimum Gasteiger partial charge on any atom is -0.459 e. The Morgan fingerprint density at radius 1 is 0.795 bits per heavy atom. The summed E-state index contributed by atoms with van der Waals surface area (Å²) in [5.41, 5.74) is 1.62. The molecule has 0 bridgehead atoms. The molecule has 0 amide bonds. The fourth-order valence-electron chi connectivity index (χ4n) is 4.78. The molecule has 0 aromatic heterocycles.